The van der Waals surface area contributed by atoms with Crippen molar-refractivity contribution in [1.82, 2.24) is 4.57 Å². The molecule has 162 valence electrons. The number of alkyl halides is 1. The Kier molecular flexibility index (Phi) is 5.35. The van der Waals surface area contributed by atoms with Crippen molar-refractivity contribution in [3.8, 4) is 0 Å². The number of aromatic nitrogens is 1. The van der Waals surface area contributed by atoms with Crippen molar-refractivity contribution in [2.24, 2.45) is 5.18 Å². The van der Waals surface area contributed by atoms with Crippen molar-refractivity contribution in [2.75, 3.05) is 4.90 Å². The van der Waals surface area contributed by atoms with Crippen molar-refractivity contribution in [3.63, 3.8) is 0 Å². The maximum absolute atomic E-state index is 13.0. The average Bonchev–Trinajstić information content (AvgIpc) is 3.19. The summed E-state index contributed by atoms with van der Waals surface area (Å²) in [6, 6.07) is 16.8. The molecule has 0 spiro atoms. The maximum atomic E-state index is 13.0. The summed E-state index contributed by atoms with van der Waals surface area (Å²) in [4.78, 5) is 37.1. The third-order valence-electron chi connectivity index (χ3n) is 6.38. The van der Waals surface area contributed by atoms with Crippen molar-refractivity contribution in [1.29, 1.82) is 0 Å². The number of hydrogen-bond acceptors (Lipinski definition) is 4. The minimum atomic E-state index is -0.801. The van der Waals surface area contributed by atoms with E-state index in [1.54, 1.807) is 34.9 Å². The second-order valence-electron chi connectivity index (χ2n) is 8.12. The number of fused-ring (bicyclic) bond motifs is 4. The number of benzene rings is 2. The molecule has 32 heavy (non-hydrogen) atoms. The van der Waals surface area contributed by atoms with Gasteiger partial charge in [0.2, 0.25) is 0 Å². The number of hydrogen-bond donors (Lipinski definition) is 0. The Balaban J connectivity index is 1.47. The largest absolute Gasteiger partial charge is 0.360 e. The standard InChI is InChI=1S/C24H19Cl2N3O3/c25-18-12-17-21(13-29-19-4-2-1-3-16(19)11-20(29)22(17)26)28(24(18)31)10-9-14-5-7-15(8-6-14)23(30)27-32/h1-8,12,20,22H,9-11,13H2. The fourth-order valence-electron chi connectivity index (χ4n) is 4.76. The number of halogens is 2. The van der Waals surface area contributed by atoms with E-state index in [2.05, 4.69) is 22.2 Å². The lowest BCUT2D eigenvalue weighted by atomic mass is 9.96. The van der Waals surface area contributed by atoms with Crippen LogP contribution in [0.15, 0.2) is 64.6 Å². The summed E-state index contributed by atoms with van der Waals surface area (Å²) in [5.74, 6) is -0.801. The predicted molar refractivity (Wildman–Crippen MR) is 125 cm³/mol. The highest BCUT2D eigenvalue weighted by Gasteiger charge is 2.40. The van der Waals surface area contributed by atoms with Gasteiger partial charge in [-0.1, -0.05) is 41.9 Å². The molecule has 0 bridgehead atoms. The molecule has 2 aliphatic heterocycles. The molecule has 0 N–H and O–H groups in total. The Morgan fingerprint density at radius 2 is 1.88 bits per heavy atom. The fourth-order valence-corrected chi connectivity index (χ4v) is 5.39. The summed E-state index contributed by atoms with van der Waals surface area (Å²) in [7, 11) is 0. The zero-order chi connectivity index (χ0) is 22.4. The van der Waals surface area contributed by atoms with E-state index in [0.717, 1.165) is 28.9 Å². The van der Waals surface area contributed by atoms with Gasteiger partial charge in [0, 0.05) is 28.7 Å². The molecule has 2 unspecified atom stereocenters. The first-order chi connectivity index (χ1) is 15.5. The lowest BCUT2D eigenvalue weighted by molar-refractivity contribution is 0.100. The first kappa shape index (κ1) is 20.9. The van der Waals surface area contributed by atoms with Gasteiger partial charge in [0.1, 0.15) is 5.02 Å². The Morgan fingerprint density at radius 3 is 2.62 bits per heavy atom. The summed E-state index contributed by atoms with van der Waals surface area (Å²) in [6.45, 7) is 1.01. The lowest BCUT2D eigenvalue weighted by Crippen LogP contribution is -2.43. The topological polar surface area (TPSA) is 71.7 Å². The number of anilines is 1. The van der Waals surface area contributed by atoms with E-state index in [0.29, 0.717) is 19.5 Å². The molecule has 2 atom stereocenters. The first-order valence-corrected chi connectivity index (χ1v) is 11.2. The monoisotopic (exact) mass is 467 g/mol. The van der Waals surface area contributed by atoms with E-state index in [-0.39, 0.29) is 27.6 Å². The van der Waals surface area contributed by atoms with Crippen LogP contribution in [0.3, 0.4) is 0 Å². The fraction of sp³-hybridized carbons (Fsp3) is 0.250. The number of carbonyl (C=O) groups is 1. The van der Waals surface area contributed by atoms with E-state index >= 15 is 0 Å². The molecule has 0 radical (unpaired) electrons. The second kappa shape index (κ2) is 8.19. The van der Waals surface area contributed by atoms with E-state index in [1.165, 1.54) is 5.56 Å². The molecule has 0 saturated heterocycles. The van der Waals surface area contributed by atoms with Crippen LogP contribution in [-0.4, -0.2) is 16.5 Å². The quantitative estimate of drug-likeness (QED) is 0.405. The average molecular weight is 468 g/mol. The SMILES string of the molecule is O=NC(=O)c1ccc(CCn2c3c(cc(Cl)c2=O)C(Cl)C2Cc4ccccc4N2C3)cc1. The van der Waals surface area contributed by atoms with Gasteiger partial charge in [-0.15, -0.1) is 16.5 Å². The highest BCUT2D eigenvalue weighted by molar-refractivity contribution is 6.30. The van der Waals surface area contributed by atoms with Crippen LogP contribution < -0.4 is 10.5 Å². The molecule has 2 aromatic carbocycles. The number of nitroso groups, excluding NO2 is 1. The molecule has 1 amide bonds. The Hall–Kier alpha value is -2.96. The van der Waals surface area contributed by atoms with E-state index in [9.17, 15) is 14.5 Å². The summed E-state index contributed by atoms with van der Waals surface area (Å²) < 4.78 is 1.72. The summed E-state index contributed by atoms with van der Waals surface area (Å²) >= 11 is 13.2. The molecule has 8 heteroatoms. The number of aryl methyl sites for hydroxylation is 1. The molecular formula is C24H19Cl2N3O3. The van der Waals surface area contributed by atoms with Crippen LogP contribution in [0, 0.1) is 4.91 Å². The molecule has 3 heterocycles. The van der Waals surface area contributed by atoms with Gasteiger partial charge in [-0.3, -0.25) is 9.59 Å². The Labute approximate surface area is 194 Å². The summed E-state index contributed by atoms with van der Waals surface area (Å²) in [6.07, 6.45) is 1.42. The Morgan fingerprint density at radius 1 is 1.12 bits per heavy atom. The van der Waals surface area contributed by atoms with Crippen LogP contribution in [0.5, 0.6) is 0 Å². The zero-order valence-corrected chi connectivity index (χ0v) is 18.5. The minimum absolute atomic E-state index is 0.125. The highest BCUT2D eigenvalue weighted by atomic mass is 35.5. The number of para-hydroxylation sites is 1. The molecule has 0 aliphatic carbocycles. The number of rotatable bonds is 4. The van der Waals surface area contributed by atoms with Gasteiger partial charge in [0.25, 0.3) is 5.56 Å². The van der Waals surface area contributed by atoms with Crippen LogP contribution in [0.25, 0.3) is 0 Å². The van der Waals surface area contributed by atoms with E-state index < -0.39 is 5.91 Å². The smallest absolute Gasteiger partial charge is 0.316 e. The molecule has 1 aromatic heterocycles. The third-order valence-corrected chi connectivity index (χ3v) is 7.18. The van der Waals surface area contributed by atoms with Crippen LogP contribution >= 0.6 is 23.2 Å². The van der Waals surface area contributed by atoms with Gasteiger partial charge in [-0.2, -0.15) is 0 Å². The first-order valence-electron chi connectivity index (χ1n) is 10.4. The highest BCUT2D eigenvalue weighted by Crippen LogP contribution is 2.45. The number of pyridine rings is 1. The molecular weight excluding hydrogens is 449 g/mol. The summed E-state index contributed by atoms with van der Waals surface area (Å²) in [5.41, 5.74) is 5.13. The lowest BCUT2D eigenvalue weighted by Gasteiger charge is -2.38. The number of carbonyl (C=O) groups excluding carboxylic acids is 1. The minimum Gasteiger partial charge on any atom is -0.360 e. The maximum Gasteiger partial charge on any atom is 0.316 e. The zero-order valence-electron chi connectivity index (χ0n) is 17.0. The van der Waals surface area contributed by atoms with E-state index in [4.69, 9.17) is 23.2 Å². The normalized spacial score (nSPS) is 18.6. The Bertz CT molecular complexity index is 1290. The van der Waals surface area contributed by atoms with Crippen molar-refractivity contribution >= 4 is 34.8 Å². The van der Waals surface area contributed by atoms with Gasteiger partial charge in [-0.05, 0) is 53.8 Å². The van der Waals surface area contributed by atoms with Gasteiger partial charge >= 0.3 is 5.91 Å². The predicted octanol–water partition coefficient (Wildman–Crippen LogP) is 4.88. The van der Waals surface area contributed by atoms with Gasteiger partial charge in [-0.25, -0.2) is 0 Å². The van der Waals surface area contributed by atoms with E-state index in [1.807, 2.05) is 12.1 Å². The third kappa shape index (κ3) is 3.44. The molecule has 5 rings (SSSR count). The van der Waals surface area contributed by atoms with Gasteiger partial charge in [0.05, 0.1) is 18.0 Å². The van der Waals surface area contributed by atoms with Crippen LogP contribution in [0.1, 0.15) is 38.1 Å². The molecule has 3 aromatic rings. The van der Waals surface area contributed by atoms with Crippen LogP contribution in [0.4, 0.5) is 5.69 Å². The van der Waals surface area contributed by atoms with Crippen molar-refractivity contribution in [2.45, 2.75) is 37.4 Å². The van der Waals surface area contributed by atoms with Gasteiger partial charge < -0.3 is 9.47 Å². The molecule has 6 nitrogen and oxygen atoms in total. The molecule has 0 fully saturated rings. The molecule has 2 aliphatic rings. The summed E-state index contributed by atoms with van der Waals surface area (Å²) in [5, 5.41) is 2.32. The van der Waals surface area contributed by atoms with Crippen LogP contribution in [-0.2, 0) is 25.9 Å². The van der Waals surface area contributed by atoms with Crippen molar-refractivity contribution < 1.29 is 4.79 Å². The number of nitrogens with zero attached hydrogens (tertiary/aromatic N) is 3. The molecule has 0 saturated carbocycles. The number of amides is 1. The second-order valence-corrected chi connectivity index (χ2v) is 9.00. The van der Waals surface area contributed by atoms with Crippen LogP contribution in [0.2, 0.25) is 5.02 Å². The van der Waals surface area contributed by atoms with Gasteiger partial charge in [0.15, 0.2) is 0 Å². The van der Waals surface area contributed by atoms with Crippen molar-refractivity contribution in [3.05, 3.63) is 103 Å².